The molecule has 0 amide bonds. The van der Waals surface area contributed by atoms with Crippen LogP contribution in [0.5, 0.6) is 5.75 Å². The first-order valence-electron chi connectivity index (χ1n) is 6.24. The van der Waals surface area contributed by atoms with Gasteiger partial charge in [0.1, 0.15) is 5.75 Å². The Labute approximate surface area is 102 Å². The van der Waals surface area contributed by atoms with Crippen LogP contribution >= 0.6 is 0 Å². The molecule has 2 aliphatic carbocycles. The molecule has 0 radical (unpaired) electrons. The third-order valence-electron chi connectivity index (χ3n) is 4.24. The Balaban J connectivity index is 1.86. The monoisotopic (exact) mass is 233 g/mol. The van der Waals surface area contributed by atoms with Gasteiger partial charge in [-0.15, -0.1) is 0 Å². The van der Waals surface area contributed by atoms with Gasteiger partial charge in [0, 0.05) is 13.0 Å². The molecule has 1 spiro atoms. The summed E-state index contributed by atoms with van der Waals surface area (Å²) in [6.45, 7) is 1.08. The Morgan fingerprint density at radius 1 is 1.41 bits per heavy atom. The van der Waals surface area contributed by atoms with Crippen LogP contribution in [0.1, 0.15) is 29.9 Å². The number of fused-ring (bicyclic) bond motifs is 1. The minimum Gasteiger partial charge on any atom is -0.468 e. The predicted molar refractivity (Wildman–Crippen MR) is 66.1 cm³/mol. The number of ether oxygens (including phenoxy) is 2. The Morgan fingerprint density at radius 3 is 2.88 bits per heavy atom. The van der Waals surface area contributed by atoms with E-state index in [-0.39, 0.29) is 0 Å². The first kappa shape index (κ1) is 11.1. The zero-order valence-corrected chi connectivity index (χ0v) is 10.2. The number of nitrogens with two attached hydrogens (primary N) is 1. The Hall–Kier alpha value is -1.06. The van der Waals surface area contributed by atoms with E-state index in [1.165, 1.54) is 30.4 Å². The molecule has 92 valence electrons. The fourth-order valence-corrected chi connectivity index (χ4v) is 3.19. The van der Waals surface area contributed by atoms with Crippen molar-refractivity contribution in [3.05, 3.63) is 29.3 Å². The molecule has 3 nitrogen and oxygen atoms in total. The largest absolute Gasteiger partial charge is 0.468 e. The molecule has 0 heterocycles. The summed E-state index contributed by atoms with van der Waals surface area (Å²) in [4.78, 5) is 0. The van der Waals surface area contributed by atoms with E-state index >= 15 is 0 Å². The lowest BCUT2D eigenvalue weighted by Gasteiger charge is -2.16. The lowest BCUT2D eigenvalue weighted by Crippen LogP contribution is -2.18. The molecule has 3 rings (SSSR count). The van der Waals surface area contributed by atoms with E-state index in [4.69, 9.17) is 15.2 Å². The highest BCUT2D eigenvalue weighted by atomic mass is 16.7. The van der Waals surface area contributed by atoms with Crippen molar-refractivity contribution >= 4 is 0 Å². The highest BCUT2D eigenvalue weighted by molar-refractivity contribution is 5.45. The van der Waals surface area contributed by atoms with Crippen molar-refractivity contribution in [1.29, 1.82) is 0 Å². The molecular weight excluding hydrogens is 214 g/mol. The quantitative estimate of drug-likeness (QED) is 0.809. The van der Waals surface area contributed by atoms with Gasteiger partial charge in [0.25, 0.3) is 0 Å². The van der Waals surface area contributed by atoms with Crippen molar-refractivity contribution in [1.82, 2.24) is 0 Å². The first-order valence-corrected chi connectivity index (χ1v) is 6.24. The van der Waals surface area contributed by atoms with Crippen LogP contribution in [0.2, 0.25) is 0 Å². The van der Waals surface area contributed by atoms with E-state index in [2.05, 4.69) is 12.1 Å². The van der Waals surface area contributed by atoms with Crippen LogP contribution < -0.4 is 10.5 Å². The number of hydrogen-bond donors (Lipinski definition) is 1. The summed E-state index contributed by atoms with van der Waals surface area (Å²) < 4.78 is 10.4. The fourth-order valence-electron chi connectivity index (χ4n) is 3.19. The molecule has 1 aromatic carbocycles. The molecule has 1 fully saturated rings. The SMILES string of the molecule is COCOc1ccc2c(c1)CC1(CC1)C2CN. The summed E-state index contributed by atoms with van der Waals surface area (Å²) in [5, 5.41) is 0. The fraction of sp³-hybridized carbons (Fsp3) is 0.571. The van der Waals surface area contributed by atoms with Crippen LogP contribution in [0.15, 0.2) is 18.2 Å². The second kappa shape index (κ2) is 4.00. The van der Waals surface area contributed by atoms with Gasteiger partial charge in [0.15, 0.2) is 6.79 Å². The normalized spacial score (nSPS) is 23.8. The third kappa shape index (κ3) is 1.74. The molecule has 1 unspecified atom stereocenters. The van der Waals surface area contributed by atoms with E-state index < -0.39 is 0 Å². The van der Waals surface area contributed by atoms with E-state index in [1.54, 1.807) is 7.11 Å². The Morgan fingerprint density at radius 2 is 2.24 bits per heavy atom. The molecule has 1 atom stereocenters. The van der Waals surface area contributed by atoms with Gasteiger partial charge in [-0.2, -0.15) is 0 Å². The summed E-state index contributed by atoms with van der Waals surface area (Å²) in [7, 11) is 1.64. The molecule has 17 heavy (non-hydrogen) atoms. The smallest absolute Gasteiger partial charge is 0.188 e. The highest BCUT2D eigenvalue weighted by Crippen LogP contribution is 2.62. The second-order valence-electron chi connectivity index (χ2n) is 5.24. The summed E-state index contributed by atoms with van der Waals surface area (Å²) >= 11 is 0. The number of hydrogen-bond acceptors (Lipinski definition) is 3. The van der Waals surface area contributed by atoms with Crippen molar-refractivity contribution < 1.29 is 9.47 Å². The summed E-state index contributed by atoms with van der Waals surface area (Å²) in [6, 6.07) is 6.37. The summed E-state index contributed by atoms with van der Waals surface area (Å²) in [5.41, 5.74) is 9.29. The van der Waals surface area contributed by atoms with Gasteiger partial charge in [-0.05, 0) is 54.5 Å². The maximum atomic E-state index is 5.93. The predicted octanol–water partition coefficient (Wildman–Crippen LogP) is 2.05. The van der Waals surface area contributed by atoms with E-state index in [0.717, 1.165) is 12.3 Å². The van der Waals surface area contributed by atoms with E-state index in [0.29, 0.717) is 18.1 Å². The zero-order chi connectivity index (χ0) is 11.9. The molecular formula is C14H19NO2. The van der Waals surface area contributed by atoms with Gasteiger partial charge < -0.3 is 15.2 Å². The van der Waals surface area contributed by atoms with Crippen LogP contribution in [0.25, 0.3) is 0 Å². The van der Waals surface area contributed by atoms with Crippen molar-refractivity contribution in [2.24, 2.45) is 11.1 Å². The van der Waals surface area contributed by atoms with Crippen molar-refractivity contribution in [3.8, 4) is 5.75 Å². The van der Waals surface area contributed by atoms with Crippen molar-refractivity contribution in [3.63, 3.8) is 0 Å². The van der Waals surface area contributed by atoms with Crippen molar-refractivity contribution in [2.45, 2.75) is 25.2 Å². The molecule has 1 saturated carbocycles. The second-order valence-corrected chi connectivity index (χ2v) is 5.24. The van der Waals surface area contributed by atoms with E-state index in [9.17, 15) is 0 Å². The minimum absolute atomic E-state index is 0.310. The molecule has 1 aromatic rings. The molecule has 0 aromatic heterocycles. The van der Waals surface area contributed by atoms with Gasteiger partial charge in [0.05, 0.1) is 0 Å². The Kier molecular flexibility index (Phi) is 2.60. The average Bonchev–Trinajstić information content (AvgIpc) is 3.02. The maximum absolute atomic E-state index is 5.93. The molecule has 0 aliphatic heterocycles. The Bertz CT molecular complexity index is 426. The first-order chi connectivity index (χ1) is 8.29. The van der Waals surface area contributed by atoms with Gasteiger partial charge in [0.2, 0.25) is 0 Å². The van der Waals surface area contributed by atoms with Gasteiger partial charge in [-0.25, -0.2) is 0 Å². The lowest BCUT2D eigenvalue weighted by atomic mass is 9.90. The summed E-state index contributed by atoms with van der Waals surface area (Å²) in [5.74, 6) is 1.47. The van der Waals surface area contributed by atoms with Crippen LogP contribution in [0, 0.1) is 5.41 Å². The van der Waals surface area contributed by atoms with Crippen LogP contribution in [0.3, 0.4) is 0 Å². The number of benzene rings is 1. The molecule has 2 N–H and O–H groups in total. The van der Waals surface area contributed by atoms with Crippen molar-refractivity contribution in [2.75, 3.05) is 20.4 Å². The third-order valence-corrected chi connectivity index (χ3v) is 4.24. The topological polar surface area (TPSA) is 44.5 Å². The molecule has 3 heteroatoms. The van der Waals surface area contributed by atoms with Crippen LogP contribution in [0.4, 0.5) is 0 Å². The molecule has 2 aliphatic rings. The summed E-state index contributed by atoms with van der Waals surface area (Å²) in [6.07, 6.45) is 3.84. The van der Waals surface area contributed by atoms with Gasteiger partial charge in [-0.1, -0.05) is 6.07 Å². The average molecular weight is 233 g/mol. The number of methoxy groups -OCH3 is 1. The standard InChI is InChI=1S/C14H19NO2/c1-16-9-17-11-2-3-12-10(6-11)7-14(4-5-14)13(12)8-15/h2-3,6,13H,4-5,7-9,15H2,1H3. The molecule has 0 saturated heterocycles. The highest BCUT2D eigenvalue weighted by Gasteiger charge is 2.53. The van der Waals surface area contributed by atoms with Crippen LogP contribution in [-0.2, 0) is 11.2 Å². The van der Waals surface area contributed by atoms with Crippen LogP contribution in [-0.4, -0.2) is 20.4 Å². The lowest BCUT2D eigenvalue weighted by molar-refractivity contribution is 0.0511. The van der Waals surface area contributed by atoms with Gasteiger partial charge in [-0.3, -0.25) is 0 Å². The molecule has 0 bridgehead atoms. The number of rotatable bonds is 4. The van der Waals surface area contributed by atoms with E-state index in [1.807, 2.05) is 6.07 Å². The minimum atomic E-state index is 0.310. The maximum Gasteiger partial charge on any atom is 0.188 e. The zero-order valence-electron chi connectivity index (χ0n) is 10.2. The van der Waals surface area contributed by atoms with Gasteiger partial charge >= 0.3 is 0 Å².